The van der Waals surface area contributed by atoms with Gasteiger partial charge in [0.05, 0.1) is 13.2 Å². The van der Waals surface area contributed by atoms with Gasteiger partial charge in [-0.2, -0.15) is 0 Å². The van der Waals surface area contributed by atoms with Gasteiger partial charge in [0.15, 0.2) is 6.29 Å². The molecule has 22 heavy (non-hydrogen) atoms. The van der Waals surface area contributed by atoms with Crippen molar-refractivity contribution in [3.63, 3.8) is 0 Å². The molecule has 2 nitrogen and oxygen atoms in total. The van der Waals surface area contributed by atoms with E-state index in [4.69, 9.17) is 9.47 Å². The van der Waals surface area contributed by atoms with Crippen molar-refractivity contribution in [3.8, 4) is 0 Å². The van der Waals surface area contributed by atoms with Gasteiger partial charge in [-0.3, -0.25) is 0 Å². The van der Waals surface area contributed by atoms with E-state index in [0.717, 1.165) is 18.8 Å². The summed E-state index contributed by atoms with van der Waals surface area (Å²) in [4.78, 5) is 0. The summed E-state index contributed by atoms with van der Waals surface area (Å²) in [6.45, 7) is 6.17. The number of hydrogen-bond acceptors (Lipinski definition) is 2. The van der Waals surface area contributed by atoms with Gasteiger partial charge in [-0.25, -0.2) is 0 Å². The zero-order chi connectivity index (χ0) is 15.6. The summed E-state index contributed by atoms with van der Waals surface area (Å²) < 4.78 is 11.9. The highest BCUT2D eigenvalue weighted by Gasteiger charge is 2.23. The first-order valence-corrected chi connectivity index (χ1v) is 9.15. The van der Waals surface area contributed by atoms with Crippen molar-refractivity contribution >= 4 is 0 Å². The molecule has 0 spiro atoms. The highest BCUT2D eigenvalue weighted by molar-refractivity contribution is 5.23. The normalized spacial score (nSPS) is 21.9. The molecule has 1 fully saturated rings. The molecule has 0 atom stereocenters. The van der Waals surface area contributed by atoms with Gasteiger partial charge in [0.1, 0.15) is 0 Å². The molecular weight excluding hydrogens is 272 g/mol. The van der Waals surface area contributed by atoms with E-state index in [0.29, 0.717) is 5.92 Å². The monoisotopic (exact) mass is 304 g/mol. The van der Waals surface area contributed by atoms with Crippen LogP contribution < -0.4 is 0 Å². The molecule has 0 radical (unpaired) electrons. The van der Waals surface area contributed by atoms with Crippen LogP contribution in [0.25, 0.3) is 0 Å². The molecule has 0 aliphatic carbocycles. The molecular formula is C20H32O2. The van der Waals surface area contributed by atoms with Crippen molar-refractivity contribution in [2.45, 2.75) is 71.5 Å². The molecule has 0 unspecified atom stereocenters. The van der Waals surface area contributed by atoms with Crippen molar-refractivity contribution in [1.29, 1.82) is 0 Å². The standard InChI is InChI=1S/C20H32O2/c1-3-5-7-8-10-18-15-21-20(22-16-18)19-13-11-17(12-14-19)9-6-4-2/h11-14,18,20H,3-10,15-16H2,1-2H3. The first-order valence-electron chi connectivity index (χ1n) is 9.15. The van der Waals surface area contributed by atoms with E-state index in [-0.39, 0.29) is 6.29 Å². The minimum absolute atomic E-state index is 0.160. The third kappa shape index (κ3) is 5.73. The van der Waals surface area contributed by atoms with Crippen molar-refractivity contribution in [2.24, 2.45) is 5.92 Å². The molecule has 0 amide bonds. The highest BCUT2D eigenvalue weighted by atomic mass is 16.7. The predicted molar refractivity (Wildman–Crippen MR) is 91.9 cm³/mol. The lowest BCUT2D eigenvalue weighted by molar-refractivity contribution is -0.206. The average molecular weight is 304 g/mol. The summed E-state index contributed by atoms with van der Waals surface area (Å²) in [5.74, 6) is 0.580. The third-order valence-electron chi connectivity index (χ3n) is 4.50. The van der Waals surface area contributed by atoms with Gasteiger partial charge in [-0.1, -0.05) is 70.2 Å². The Hall–Kier alpha value is -0.860. The summed E-state index contributed by atoms with van der Waals surface area (Å²) in [7, 11) is 0. The molecule has 2 rings (SSSR count). The van der Waals surface area contributed by atoms with Crippen molar-refractivity contribution in [3.05, 3.63) is 35.4 Å². The molecule has 124 valence electrons. The van der Waals surface area contributed by atoms with Gasteiger partial charge < -0.3 is 9.47 Å². The molecule has 0 aromatic heterocycles. The fraction of sp³-hybridized carbons (Fsp3) is 0.700. The van der Waals surface area contributed by atoms with Crippen LogP contribution in [0.3, 0.4) is 0 Å². The lowest BCUT2D eigenvalue weighted by Gasteiger charge is -2.29. The molecule has 2 heteroatoms. The molecule has 0 N–H and O–H groups in total. The molecule has 1 aliphatic rings. The zero-order valence-electron chi connectivity index (χ0n) is 14.4. The van der Waals surface area contributed by atoms with Crippen LogP contribution in [0, 0.1) is 5.92 Å². The fourth-order valence-electron chi connectivity index (χ4n) is 2.98. The SMILES string of the molecule is CCCCCCC1COC(c2ccc(CCCC)cc2)OC1. The second kappa shape index (κ2) is 10.0. The van der Waals surface area contributed by atoms with E-state index >= 15 is 0 Å². The topological polar surface area (TPSA) is 18.5 Å². The van der Waals surface area contributed by atoms with E-state index in [1.54, 1.807) is 0 Å². The third-order valence-corrected chi connectivity index (χ3v) is 4.50. The van der Waals surface area contributed by atoms with E-state index < -0.39 is 0 Å². The molecule has 1 aromatic rings. The first kappa shape index (κ1) is 17.5. The van der Waals surface area contributed by atoms with Crippen molar-refractivity contribution in [2.75, 3.05) is 13.2 Å². The van der Waals surface area contributed by atoms with E-state index in [1.807, 2.05) is 0 Å². The largest absolute Gasteiger partial charge is 0.348 e. The number of hydrogen-bond donors (Lipinski definition) is 0. The van der Waals surface area contributed by atoms with Crippen LogP contribution in [0.4, 0.5) is 0 Å². The maximum absolute atomic E-state index is 5.93. The number of unbranched alkanes of at least 4 members (excludes halogenated alkanes) is 4. The van der Waals surface area contributed by atoms with Crippen LogP contribution in [0.1, 0.15) is 76.2 Å². The zero-order valence-corrected chi connectivity index (χ0v) is 14.4. The Labute approximate surface area is 136 Å². The Morgan fingerprint density at radius 3 is 2.18 bits per heavy atom. The number of benzene rings is 1. The highest BCUT2D eigenvalue weighted by Crippen LogP contribution is 2.27. The maximum Gasteiger partial charge on any atom is 0.183 e. The van der Waals surface area contributed by atoms with E-state index in [2.05, 4.69) is 38.1 Å². The van der Waals surface area contributed by atoms with Crippen LogP contribution in [-0.4, -0.2) is 13.2 Å². The number of aryl methyl sites for hydroxylation is 1. The Bertz CT molecular complexity index is 391. The first-order chi connectivity index (χ1) is 10.8. The minimum atomic E-state index is -0.160. The van der Waals surface area contributed by atoms with Gasteiger partial charge in [-0.15, -0.1) is 0 Å². The van der Waals surface area contributed by atoms with Crippen LogP contribution in [-0.2, 0) is 15.9 Å². The van der Waals surface area contributed by atoms with Crippen molar-refractivity contribution < 1.29 is 9.47 Å². The summed E-state index contributed by atoms with van der Waals surface area (Å²) in [6, 6.07) is 8.76. The van der Waals surface area contributed by atoms with Gasteiger partial charge in [-0.05, 0) is 24.8 Å². The Balaban J connectivity index is 1.72. The van der Waals surface area contributed by atoms with Gasteiger partial charge in [0.2, 0.25) is 0 Å². The number of rotatable bonds is 9. The van der Waals surface area contributed by atoms with Crippen LogP contribution in [0.5, 0.6) is 0 Å². The second-order valence-corrected chi connectivity index (χ2v) is 6.56. The average Bonchev–Trinajstić information content (AvgIpc) is 2.58. The summed E-state index contributed by atoms with van der Waals surface area (Å²) in [5, 5.41) is 0. The molecule has 0 bridgehead atoms. The second-order valence-electron chi connectivity index (χ2n) is 6.56. The fourth-order valence-corrected chi connectivity index (χ4v) is 2.98. The van der Waals surface area contributed by atoms with Gasteiger partial charge in [0.25, 0.3) is 0 Å². The van der Waals surface area contributed by atoms with Crippen molar-refractivity contribution in [1.82, 2.24) is 0 Å². The van der Waals surface area contributed by atoms with Crippen LogP contribution >= 0.6 is 0 Å². The molecule has 1 heterocycles. The Morgan fingerprint density at radius 2 is 1.55 bits per heavy atom. The summed E-state index contributed by atoms with van der Waals surface area (Å²) in [6.07, 6.45) is 10.1. The minimum Gasteiger partial charge on any atom is -0.348 e. The molecule has 1 aliphatic heterocycles. The quantitative estimate of drug-likeness (QED) is 0.548. The van der Waals surface area contributed by atoms with Crippen LogP contribution in [0.15, 0.2) is 24.3 Å². The summed E-state index contributed by atoms with van der Waals surface area (Å²) >= 11 is 0. The maximum atomic E-state index is 5.93. The number of ether oxygens (including phenoxy) is 2. The predicted octanol–water partition coefficient (Wildman–Crippen LogP) is 5.66. The Kier molecular flexibility index (Phi) is 7.96. The lowest BCUT2D eigenvalue weighted by Crippen LogP contribution is -2.27. The Morgan fingerprint density at radius 1 is 0.864 bits per heavy atom. The smallest absolute Gasteiger partial charge is 0.183 e. The van der Waals surface area contributed by atoms with Crippen LogP contribution in [0.2, 0.25) is 0 Å². The summed E-state index contributed by atoms with van der Waals surface area (Å²) in [5.41, 5.74) is 2.57. The van der Waals surface area contributed by atoms with Gasteiger partial charge in [0, 0.05) is 11.5 Å². The molecule has 1 aromatic carbocycles. The van der Waals surface area contributed by atoms with E-state index in [9.17, 15) is 0 Å². The lowest BCUT2D eigenvalue weighted by atomic mass is 10.0. The molecule has 1 saturated heterocycles. The molecule has 0 saturated carbocycles. The van der Waals surface area contributed by atoms with Gasteiger partial charge >= 0.3 is 0 Å². The van der Waals surface area contributed by atoms with E-state index in [1.165, 1.54) is 56.9 Å².